The van der Waals surface area contributed by atoms with Crippen molar-refractivity contribution >= 4 is 18.0 Å². The summed E-state index contributed by atoms with van der Waals surface area (Å²) in [5, 5.41) is 21.9. The molecule has 33 heavy (non-hydrogen) atoms. The molecule has 0 bridgehead atoms. The standard InChI is InChI=1S/C25H28N2O6/c1-15(22(28)27-12-11-25(32,14-27)23(29)30)16(2)26-24(31)33-13-21-19-9-5-3-7-17(19)18-8-4-6-10-20(18)21/h3-10,15-16,21,32H,11-14H2,1-2H3,(H,26,31)(H,29,30). The van der Waals surface area contributed by atoms with Crippen LogP contribution in [0.3, 0.4) is 0 Å². The number of aliphatic carboxylic acids is 1. The fraction of sp³-hybridized carbons (Fsp3) is 0.400. The molecule has 2 aliphatic rings. The number of alkyl carbamates (subject to hydrolysis) is 1. The minimum absolute atomic E-state index is 0.0189. The van der Waals surface area contributed by atoms with E-state index in [1.807, 2.05) is 36.4 Å². The Hall–Kier alpha value is -3.39. The molecule has 4 rings (SSSR count). The molecule has 3 N–H and O–H groups in total. The van der Waals surface area contributed by atoms with Gasteiger partial charge in [-0.15, -0.1) is 0 Å². The van der Waals surface area contributed by atoms with Crippen molar-refractivity contribution < 1.29 is 29.3 Å². The number of hydrogen-bond donors (Lipinski definition) is 3. The number of carbonyl (C=O) groups is 3. The van der Waals surface area contributed by atoms with Crippen LogP contribution in [0.4, 0.5) is 4.79 Å². The molecule has 0 aromatic heterocycles. The SMILES string of the molecule is CC(NC(=O)OCC1c2ccccc2-c2ccccc21)C(C)C(=O)N1CCC(O)(C(=O)O)C1. The molecule has 8 heteroatoms. The van der Waals surface area contributed by atoms with Crippen LogP contribution in [0.1, 0.15) is 37.3 Å². The lowest BCUT2D eigenvalue weighted by Crippen LogP contribution is -2.47. The molecule has 1 fully saturated rings. The molecule has 1 saturated heterocycles. The Labute approximate surface area is 192 Å². The molecule has 1 aliphatic heterocycles. The number of nitrogens with zero attached hydrogens (tertiary/aromatic N) is 1. The first kappa shape index (κ1) is 22.8. The molecule has 1 heterocycles. The van der Waals surface area contributed by atoms with Crippen LogP contribution in [0, 0.1) is 5.92 Å². The zero-order chi connectivity index (χ0) is 23.8. The van der Waals surface area contributed by atoms with Gasteiger partial charge in [-0.25, -0.2) is 9.59 Å². The summed E-state index contributed by atoms with van der Waals surface area (Å²) in [6, 6.07) is 15.6. The number of carbonyl (C=O) groups excluding carboxylic acids is 2. The highest BCUT2D eigenvalue weighted by Crippen LogP contribution is 2.44. The van der Waals surface area contributed by atoms with Crippen molar-refractivity contribution in [1.82, 2.24) is 10.2 Å². The first-order valence-corrected chi connectivity index (χ1v) is 11.1. The number of benzene rings is 2. The number of fused-ring (bicyclic) bond motifs is 3. The molecule has 0 radical (unpaired) electrons. The van der Waals surface area contributed by atoms with E-state index in [1.165, 1.54) is 4.90 Å². The number of likely N-dealkylation sites (tertiary alicyclic amines) is 1. The Morgan fingerprint density at radius 3 is 2.21 bits per heavy atom. The van der Waals surface area contributed by atoms with Crippen molar-refractivity contribution in [3.63, 3.8) is 0 Å². The van der Waals surface area contributed by atoms with E-state index in [0.717, 1.165) is 22.3 Å². The summed E-state index contributed by atoms with van der Waals surface area (Å²) in [6.07, 6.45) is -0.637. The van der Waals surface area contributed by atoms with Gasteiger partial charge in [-0.3, -0.25) is 4.79 Å². The third-order valence-corrected chi connectivity index (χ3v) is 6.79. The maximum absolute atomic E-state index is 12.8. The minimum atomic E-state index is -1.92. The molecular weight excluding hydrogens is 424 g/mol. The van der Waals surface area contributed by atoms with E-state index in [1.54, 1.807) is 13.8 Å². The molecule has 8 nitrogen and oxygen atoms in total. The lowest BCUT2D eigenvalue weighted by Gasteiger charge is -2.26. The highest BCUT2D eigenvalue weighted by atomic mass is 16.5. The number of nitrogens with one attached hydrogen (secondary N) is 1. The Bertz CT molecular complexity index is 1040. The predicted octanol–water partition coefficient (Wildman–Crippen LogP) is 2.60. The molecule has 3 unspecified atom stereocenters. The number of β-amino-alcohol motifs (C(OH)–C–C–N with tert-alkyl or cyclic N) is 1. The van der Waals surface area contributed by atoms with E-state index < -0.39 is 29.6 Å². The van der Waals surface area contributed by atoms with E-state index in [-0.39, 0.29) is 37.9 Å². The quantitative estimate of drug-likeness (QED) is 0.620. The van der Waals surface area contributed by atoms with E-state index >= 15 is 0 Å². The molecule has 2 aromatic rings. The maximum atomic E-state index is 12.8. The zero-order valence-corrected chi connectivity index (χ0v) is 18.7. The van der Waals surface area contributed by atoms with Crippen LogP contribution in [0.15, 0.2) is 48.5 Å². The van der Waals surface area contributed by atoms with Gasteiger partial charge in [-0.1, -0.05) is 55.5 Å². The van der Waals surface area contributed by atoms with Crippen LogP contribution in [0.5, 0.6) is 0 Å². The van der Waals surface area contributed by atoms with Crippen molar-refractivity contribution in [2.75, 3.05) is 19.7 Å². The monoisotopic (exact) mass is 452 g/mol. The van der Waals surface area contributed by atoms with Gasteiger partial charge in [0.05, 0.1) is 12.5 Å². The van der Waals surface area contributed by atoms with Crippen LogP contribution in [-0.2, 0) is 14.3 Å². The summed E-state index contributed by atoms with van der Waals surface area (Å²) in [6.45, 7) is 3.43. The number of aliphatic hydroxyl groups is 1. The Balaban J connectivity index is 1.34. The van der Waals surface area contributed by atoms with Gasteiger partial charge in [0.1, 0.15) is 6.61 Å². The van der Waals surface area contributed by atoms with Crippen molar-refractivity contribution in [2.45, 2.75) is 37.8 Å². The second-order valence-corrected chi connectivity index (χ2v) is 8.89. The summed E-state index contributed by atoms with van der Waals surface area (Å²) < 4.78 is 5.54. The smallest absolute Gasteiger partial charge is 0.407 e. The summed E-state index contributed by atoms with van der Waals surface area (Å²) in [5.74, 6) is -2.33. The average Bonchev–Trinajstić information content (AvgIpc) is 3.36. The fourth-order valence-electron chi connectivity index (χ4n) is 4.61. The topological polar surface area (TPSA) is 116 Å². The van der Waals surface area contributed by atoms with Gasteiger partial charge in [0.25, 0.3) is 0 Å². The number of hydrogen-bond acceptors (Lipinski definition) is 5. The maximum Gasteiger partial charge on any atom is 0.407 e. The lowest BCUT2D eigenvalue weighted by atomic mass is 9.98. The largest absolute Gasteiger partial charge is 0.479 e. The van der Waals surface area contributed by atoms with Gasteiger partial charge in [-0.05, 0) is 29.2 Å². The van der Waals surface area contributed by atoms with E-state index in [0.29, 0.717) is 0 Å². The molecule has 1 aliphatic carbocycles. The summed E-state index contributed by atoms with van der Waals surface area (Å²) in [7, 11) is 0. The third-order valence-electron chi connectivity index (χ3n) is 6.79. The molecule has 3 atom stereocenters. The molecular formula is C25H28N2O6. The van der Waals surface area contributed by atoms with Gasteiger partial charge in [0.15, 0.2) is 5.60 Å². The fourth-order valence-corrected chi connectivity index (χ4v) is 4.61. The number of amides is 2. The minimum Gasteiger partial charge on any atom is -0.479 e. The van der Waals surface area contributed by atoms with Crippen molar-refractivity contribution in [3.8, 4) is 11.1 Å². The van der Waals surface area contributed by atoms with Crippen LogP contribution < -0.4 is 5.32 Å². The second kappa shape index (κ2) is 8.86. The predicted molar refractivity (Wildman–Crippen MR) is 121 cm³/mol. The van der Waals surface area contributed by atoms with E-state index in [2.05, 4.69) is 17.4 Å². The summed E-state index contributed by atoms with van der Waals surface area (Å²) in [5.41, 5.74) is 2.59. The Kier molecular flexibility index (Phi) is 6.12. The van der Waals surface area contributed by atoms with Crippen molar-refractivity contribution in [2.24, 2.45) is 5.92 Å². The first-order chi connectivity index (χ1) is 15.7. The van der Waals surface area contributed by atoms with Gasteiger partial charge in [-0.2, -0.15) is 0 Å². The van der Waals surface area contributed by atoms with Gasteiger partial charge in [0.2, 0.25) is 5.91 Å². The molecule has 0 spiro atoms. The molecule has 2 amide bonds. The molecule has 174 valence electrons. The molecule has 2 aromatic carbocycles. The number of carboxylic acid groups (broad SMARTS) is 1. The second-order valence-electron chi connectivity index (χ2n) is 8.89. The number of ether oxygens (including phenoxy) is 1. The number of rotatable bonds is 6. The summed E-state index contributed by atoms with van der Waals surface area (Å²) in [4.78, 5) is 37.8. The van der Waals surface area contributed by atoms with Crippen LogP contribution in [0.25, 0.3) is 11.1 Å². The van der Waals surface area contributed by atoms with Crippen molar-refractivity contribution in [3.05, 3.63) is 59.7 Å². The summed E-state index contributed by atoms with van der Waals surface area (Å²) >= 11 is 0. The average molecular weight is 453 g/mol. The Morgan fingerprint density at radius 1 is 1.09 bits per heavy atom. The van der Waals surface area contributed by atoms with Gasteiger partial charge >= 0.3 is 12.1 Å². The van der Waals surface area contributed by atoms with Gasteiger partial charge < -0.3 is 25.2 Å². The normalized spacial score (nSPS) is 21.1. The van der Waals surface area contributed by atoms with Gasteiger partial charge in [0, 0.05) is 24.9 Å². The lowest BCUT2D eigenvalue weighted by molar-refractivity contribution is -0.157. The van der Waals surface area contributed by atoms with Crippen LogP contribution in [-0.4, -0.2) is 64.4 Å². The number of carboxylic acids is 1. The zero-order valence-electron chi connectivity index (χ0n) is 18.7. The third kappa shape index (κ3) is 4.30. The van der Waals surface area contributed by atoms with E-state index in [4.69, 9.17) is 9.84 Å². The van der Waals surface area contributed by atoms with Crippen LogP contribution in [0.2, 0.25) is 0 Å². The highest BCUT2D eigenvalue weighted by molar-refractivity contribution is 5.84. The molecule has 0 saturated carbocycles. The Morgan fingerprint density at radius 2 is 1.67 bits per heavy atom. The van der Waals surface area contributed by atoms with Crippen LogP contribution >= 0.6 is 0 Å². The first-order valence-electron chi connectivity index (χ1n) is 11.1. The van der Waals surface area contributed by atoms with Crippen molar-refractivity contribution in [1.29, 1.82) is 0 Å². The van der Waals surface area contributed by atoms with E-state index in [9.17, 15) is 19.5 Å². The highest BCUT2D eigenvalue weighted by Gasteiger charge is 2.45.